The number of aryl methyl sites for hydroxylation is 2. The number of hydrogen-bond acceptors (Lipinski definition) is 4. The molecular formula is C26H26N2O3. The zero-order valence-corrected chi connectivity index (χ0v) is 18.1. The van der Waals surface area contributed by atoms with E-state index in [0.29, 0.717) is 30.8 Å². The Hall–Kier alpha value is -3.44. The summed E-state index contributed by atoms with van der Waals surface area (Å²) < 4.78 is 5.10. The van der Waals surface area contributed by atoms with Crippen LogP contribution >= 0.6 is 0 Å². The van der Waals surface area contributed by atoms with Crippen LogP contribution in [0.25, 0.3) is 16.3 Å². The summed E-state index contributed by atoms with van der Waals surface area (Å²) in [7, 11) is 1.61. The van der Waals surface area contributed by atoms with Gasteiger partial charge in [0.15, 0.2) is 0 Å². The summed E-state index contributed by atoms with van der Waals surface area (Å²) in [4.78, 5) is 28.0. The fourth-order valence-corrected chi connectivity index (χ4v) is 3.90. The van der Waals surface area contributed by atoms with E-state index in [-0.39, 0.29) is 11.8 Å². The molecule has 1 N–H and O–H groups in total. The molecule has 0 aliphatic carbocycles. The van der Waals surface area contributed by atoms with Crippen molar-refractivity contribution in [2.75, 3.05) is 25.6 Å². The third kappa shape index (κ3) is 3.97. The molecular weight excluding hydrogens is 388 g/mol. The molecule has 1 heterocycles. The first-order valence-corrected chi connectivity index (χ1v) is 10.4. The van der Waals surface area contributed by atoms with Crippen LogP contribution < -0.4 is 5.32 Å². The molecule has 3 aromatic carbocycles. The summed E-state index contributed by atoms with van der Waals surface area (Å²) >= 11 is 0. The van der Waals surface area contributed by atoms with Crippen molar-refractivity contribution in [3.63, 3.8) is 0 Å². The SMILES string of the molecule is COCCCN1C(=O)C(Nc2cccc3ccccc23)=C(c2ccc(C)c(C)c2)C1=O. The van der Waals surface area contributed by atoms with E-state index in [1.54, 1.807) is 7.11 Å². The molecule has 0 atom stereocenters. The van der Waals surface area contributed by atoms with Gasteiger partial charge >= 0.3 is 0 Å². The number of nitrogens with zero attached hydrogens (tertiary/aromatic N) is 1. The molecule has 1 aliphatic rings. The second-order valence-electron chi connectivity index (χ2n) is 7.81. The second-order valence-corrected chi connectivity index (χ2v) is 7.81. The van der Waals surface area contributed by atoms with E-state index >= 15 is 0 Å². The number of hydrogen-bond donors (Lipinski definition) is 1. The van der Waals surface area contributed by atoms with Crippen LogP contribution in [-0.2, 0) is 14.3 Å². The van der Waals surface area contributed by atoms with Crippen LogP contribution in [0.1, 0.15) is 23.1 Å². The summed E-state index contributed by atoms with van der Waals surface area (Å²) in [5.41, 5.74) is 4.50. The zero-order valence-electron chi connectivity index (χ0n) is 18.1. The van der Waals surface area contributed by atoms with Gasteiger partial charge in [0.1, 0.15) is 5.70 Å². The first-order chi connectivity index (χ1) is 15.0. The Morgan fingerprint density at radius 3 is 2.45 bits per heavy atom. The van der Waals surface area contributed by atoms with E-state index in [0.717, 1.165) is 33.2 Å². The molecule has 0 saturated heterocycles. The highest BCUT2D eigenvalue weighted by Crippen LogP contribution is 2.33. The second kappa shape index (κ2) is 8.74. The number of methoxy groups -OCH3 is 1. The number of anilines is 1. The van der Waals surface area contributed by atoms with Gasteiger partial charge in [-0.2, -0.15) is 0 Å². The van der Waals surface area contributed by atoms with E-state index in [4.69, 9.17) is 4.74 Å². The predicted octanol–water partition coefficient (Wildman–Crippen LogP) is 4.69. The van der Waals surface area contributed by atoms with Crippen molar-refractivity contribution in [1.29, 1.82) is 0 Å². The third-order valence-electron chi connectivity index (χ3n) is 5.74. The summed E-state index contributed by atoms with van der Waals surface area (Å²) in [6, 6.07) is 19.7. The van der Waals surface area contributed by atoms with Gasteiger partial charge in [0.05, 0.1) is 5.57 Å². The van der Waals surface area contributed by atoms with Crippen molar-refractivity contribution < 1.29 is 14.3 Å². The van der Waals surface area contributed by atoms with Crippen molar-refractivity contribution in [3.8, 4) is 0 Å². The molecule has 31 heavy (non-hydrogen) atoms. The number of imide groups is 1. The van der Waals surface area contributed by atoms with Crippen LogP contribution in [0.15, 0.2) is 66.4 Å². The predicted molar refractivity (Wildman–Crippen MR) is 124 cm³/mol. The Bertz CT molecular complexity index is 1190. The molecule has 4 rings (SSSR count). The number of benzene rings is 3. The van der Waals surface area contributed by atoms with Crippen LogP contribution in [0.3, 0.4) is 0 Å². The highest BCUT2D eigenvalue weighted by molar-refractivity contribution is 6.36. The number of carbonyl (C=O) groups excluding carboxylic acids is 2. The third-order valence-corrected chi connectivity index (χ3v) is 5.74. The van der Waals surface area contributed by atoms with Crippen LogP contribution in [0, 0.1) is 13.8 Å². The molecule has 0 unspecified atom stereocenters. The topological polar surface area (TPSA) is 58.6 Å². The fourth-order valence-electron chi connectivity index (χ4n) is 3.90. The fraction of sp³-hybridized carbons (Fsp3) is 0.231. The number of amides is 2. The number of carbonyl (C=O) groups is 2. The molecule has 0 saturated carbocycles. The monoisotopic (exact) mass is 414 g/mol. The highest BCUT2D eigenvalue weighted by atomic mass is 16.5. The minimum atomic E-state index is -0.303. The van der Waals surface area contributed by atoms with Gasteiger partial charge in [-0.3, -0.25) is 14.5 Å². The molecule has 0 fully saturated rings. The number of rotatable bonds is 7. The molecule has 0 bridgehead atoms. The van der Waals surface area contributed by atoms with E-state index in [1.165, 1.54) is 4.90 Å². The lowest BCUT2D eigenvalue weighted by Gasteiger charge is -2.15. The minimum absolute atomic E-state index is 0.271. The molecule has 5 nitrogen and oxygen atoms in total. The summed E-state index contributed by atoms with van der Waals surface area (Å²) in [6.45, 7) is 4.85. The zero-order chi connectivity index (χ0) is 22.0. The van der Waals surface area contributed by atoms with Crippen LogP contribution in [0.5, 0.6) is 0 Å². The Morgan fingerprint density at radius 1 is 0.903 bits per heavy atom. The average molecular weight is 415 g/mol. The molecule has 158 valence electrons. The lowest BCUT2D eigenvalue weighted by Crippen LogP contribution is -2.33. The molecule has 5 heteroatoms. The van der Waals surface area contributed by atoms with Crippen LogP contribution in [0.2, 0.25) is 0 Å². The van der Waals surface area contributed by atoms with E-state index in [1.807, 2.05) is 74.5 Å². The highest BCUT2D eigenvalue weighted by Gasteiger charge is 2.39. The van der Waals surface area contributed by atoms with Gasteiger partial charge in [-0.25, -0.2) is 0 Å². The van der Waals surface area contributed by atoms with Crippen molar-refractivity contribution >= 4 is 33.8 Å². The maximum absolute atomic E-state index is 13.3. The van der Waals surface area contributed by atoms with Gasteiger partial charge < -0.3 is 10.1 Å². The molecule has 2 amide bonds. The van der Waals surface area contributed by atoms with Gasteiger partial charge in [0, 0.05) is 31.3 Å². The van der Waals surface area contributed by atoms with E-state index < -0.39 is 0 Å². The minimum Gasteiger partial charge on any atom is -0.385 e. The lowest BCUT2D eigenvalue weighted by atomic mass is 9.99. The lowest BCUT2D eigenvalue weighted by molar-refractivity contribution is -0.136. The smallest absolute Gasteiger partial charge is 0.278 e. The van der Waals surface area contributed by atoms with Gasteiger partial charge in [-0.05, 0) is 48.4 Å². The average Bonchev–Trinajstić information content (AvgIpc) is 3.00. The summed E-state index contributed by atoms with van der Waals surface area (Å²) in [5.74, 6) is -0.575. The Kier molecular flexibility index (Phi) is 5.87. The Morgan fingerprint density at radius 2 is 1.68 bits per heavy atom. The summed E-state index contributed by atoms with van der Waals surface area (Å²) in [6.07, 6.45) is 0.593. The van der Waals surface area contributed by atoms with E-state index in [9.17, 15) is 9.59 Å². The van der Waals surface area contributed by atoms with Crippen molar-refractivity contribution in [2.45, 2.75) is 20.3 Å². The molecule has 0 radical (unpaired) electrons. The van der Waals surface area contributed by atoms with Crippen LogP contribution in [-0.4, -0.2) is 37.0 Å². The quantitative estimate of drug-likeness (QED) is 0.450. The maximum atomic E-state index is 13.3. The maximum Gasteiger partial charge on any atom is 0.278 e. The number of nitrogens with one attached hydrogen (secondary N) is 1. The first kappa shape index (κ1) is 20.8. The van der Waals surface area contributed by atoms with Gasteiger partial charge in [-0.1, -0.05) is 54.6 Å². The van der Waals surface area contributed by atoms with E-state index in [2.05, 4.69) is 5.32 Å². The Balaban J connectivity index is 1.80. The summed E-state index contributed by atoms with van der Waals surface area (Å²) in [5, 5.41) is 5.36. The van der Waals surface area contributed by atoms with Crippen molar-refractivity contribution in [3.05, 3.63) is 83.1 Å². The first-order valence-electron chi connectivity index (χ1n) is 10.4. The molecule has 3 aromatic rings. The largest absolute Gasteiger partial charge is 0.385 e. The molecule has 0 spiro atoms. The molecule has 1 aliphatic heterocycles. The van der Waals surface area contributed by atoms with Gasteiger partial charge in [-0.15, -0.1) is 0 Å². The van der Waals surface area contributed by atoms with Crippen LogP contribution in [0.4, 0.5) is 5.69 Å². The Labute approximate surface area is 182 Å². The normalized spacial score (nSPS) is 14.1. The number of fused-ring (bicyclic) bond motifs is 1. The van der Waals surface area contributed by atoms with Crippen molar-refractivity contribution in [1.82, 2.24) is 4.90 Å². The number of ether oxygens (including phenoxy) is 1. The van der Waals surface area contributed by atoms with Crippen molar-refractivity contribution in [2.24, 2.45) is 0 Å². The standard InChI is InChI=1S/C26H26N2O3/c1-17-12-13-20(16-18(17)2)23-24(26(30)28(25(23)29)14-7-15-31-3)27-22-11-6-9-19-8-4-5-10-21(19)22/h4-6,8-13,16,27H,7,14-15H2,1-3H3. The van der Waals surface area contributed by atoms with Gasteiger partial charge in [0.2, 0.25) is 0 Å². The molecule has 0 aromatic heterocycles. The van der Waals surface area contributed by atoms with Gasteiger partial charge in [0.25, 0.3) is 11.8 Å².